The Kier molecular flexibility index (Phi) is 4.24. The van der Waals surface area contributed by atoms with Gasteiger partial charge in [-0.3, -0.25) is 0 Å². The first kappa shape index (κ1) is 15.8. The Morgan fingerprint density at radius 2 is 1.76 bits per heavy atom. The number of thioether (sulfide) groups is 1. The molecule has 0 amide bonds. The van der Waals surface area contributed by atoms with Crippen molar-refractivity contribution < 1.29 is 4.52 Å². The van der Waals surface area contributed by atoms with Gasteiger partial charge in [0.15, 0.2) is 0 Å². The summed E-state index contributed by atoms with van der Waals surface area (Å²) >= 11 is 1.64. The fourth-order valence-electron chi connectivity index (χ4n) is 2.65. The first-order valence-corrected chi connectivity index (χ1v) is 9.06. The summed E-state index contributed by atoms with van der Waals surface area (Å²) in [6, 6.07) is 18.3. The molecule has 2 aromatic heterocycles. The van der Waals surface area contributed by atoms with E-state index >= 15 is 0 Å². The average Bonchev–Trinajstić information content (AvgIpc) is 3.09. The van der Waals surface area contributed by atoms with Crippen LogP contribution in [0.25, 0.3) is 22.2 Å². The van der Waals surface area contributed by atoms with Gasteiger partial charge in [0.05, 0.1) is 11.3 Å². The molecule has 25 heavy (non-hydrogen) atoms. The highest BCUT2D eigenvalue weighted by Gasteiger charge is 2.10. The molecule has 0 spiro atoms. The topological polar surface area (TPSA) is 51.8 Å². The van der Waals surface area contributed by atoms with Crippen molar-refractivity contribution in [2.45, 2.75) is 24.6 Å². The molecule has 0 aliphatic carbocycles. The van der Waals surface area contributed by atoms with Gasteiger partial charge in [-0.05, 0) is 19.9 Å². The number of aryl methyl sites for hydroxylation is 2. The largest absolute Gasteiger partial charge is 0.360 e. The molecule has 5 heteroatoms. The summed E-state index contributed by atoms with van der Waals surface area (Å²) in [7, 11) is 0. The normalized spacial score (nSPS) is 11.1. The summed E-state index contributed by atoms with van der Waals surface area (Å²) in [6.07, 6.45) is 0. The Labute approximate surface area is 150 Å². The van der Waals surface area contributed by atoms with E-state index in [1.54, 1.807) is 11.8 Å². The highest BCUT2D eigenvalue weighted by atomic mass is 32.2. The molecule has 0 unspecified atom stereocenters. The fourth-order valence-corrected chi connectivity index (χ4v) is 3.59. The summed E-state index contributed by atoms with van der Waals surface area (Å²) in [5, 5.41) is 6.22. The molecular weight excluding hydrogens is 330 g/mol. The number of nitrogens with zero attached hydrogens (tertiary/aromatic N) is 3. The lowest BCUT2D eigenvalue weighted by molar-refractivity contribution is 0.397. The van der Waals surface area contributed by atoms with Crippen LogP contribution in [0.1, 0.15) is 17.1 Å². The summed E-state index contributed by atoms with van der Waals surface area (Å²) in [5.74, 6) is 2.29. The van der Waals surface area contributed by atoms with Crippen molar-refractivity contribution >= 4 is 22.7 Å². The van der Waals surface area contributed by atoms with E-state index in [0.717, 1.165) is 38.8 Å². The van der Waals surface area contributed by atoms with Gasteiger partial charge in [-0.1, -0.05) is 64.9 Å². The second-order valence-electron chi connectivity index (χ2n) is 5.93. The van der Waals surface area contributed by atoms with Crippen molar-refractivity contribution in [3.05, 3.63) is 71.7 Å². The maximum atomic E-state index is 5.50. The van der Waals surface area contributed by atoms with E-state index in [-0.39, 0.29) is 0 Å². The van der Waals surface area contributed by atoms with Gasteiger partial charge in [-0.25, -0.2) is 9.97 Å². The van der Waals surface area contributed by atoms with E-state index < -0.39 is 0 Å². The third-order valence-electron chi connectivity index (χ3n) is 3.94. The number of para-hydroxylation sites is 1. The van der Waals surface area contributed by atoms with E-state index in [0.29, 0.717) is 5.75 Å². The van der Waals surface area contributed by atoms with Crippen LogP contribution in [-0.4, -0.2) is 15.1 Å². The molecule has 0 N–H and O–H groups in total. The highest BCUT2D eigenvalue weighted by molar-refractivity contribution is 7.98. The number of benzene rings is 2. The minimum Gasteiger partial charge on any atom is -0.360 e. The van der Waals surface area contributed by atoms with Gasteiger partial charge in [0.25, 0.3) is 0 Å². The van der Waals surface area contributed by atoms with E-state index in [2.05, 4.69) is 52.4 Å². The SMILES string of the molecule is Cc1ccc(-c2cc(CSc3nc(C)nc4ccccc34)on2)cc1. The van der Waals surface area contributed by atoms with Gasteiger partial charge in [-0.2, -0.15) is 0 Å². The Hall–Kier alpha value is -2.66. The first-order chi connectivity index (χ1) is 12.2. The van der Waals surface area contributed by atoms with Crippen molar-refractivity contribution in [2.75, 3.05) is 0 Å². The molecular formula is C20H17N3OS. The smallest absolute Gasteiger partial charge is 0.147 e. The predicted octanol–water partition coefficient (Wildman–Crippen LogP) is 5.19. The summed E-state index contributed by atoms with van der Waals surface area (Å²) in [5.41, 5.74) is 4.12. The van der Waals surface area contributed by atoms with Crippen LogP contribution in [-0.2, 0) is 5.75 Å². The lowest BCUT2D eigenvalue weighted by Crippen LogP contribution is -1.92. The van der Waals surface area contributed by atoms with Gasteiger partial charge in [0.1, 0.15) is 22.3 Å². The summed E-state index contributed by atoms with van der Waals surface area (Å²) < 4.78 is 5.50. The monoisotopic (exact) mass is 347 g/mol. The number of hydrogen-bond acceptors (Lipinski definition) is 5. The van der Waals surface area contributed by atoms with Gasteiger partial charge < -0.3 is 4.52 Å². The zero-order valence-corrected chi connectivity index (χ0v) is 14.9. The second-order valence-corrected chi connectivity index (χ2v) is 6.89. The molecule has 0 radical (unpaired) electrons. The maximum absolute atomic E-state index is 5.50. The fraction of sp³-hybridized carbons (Fsp3) is 0.150. The Morgan fingerprint density at radius 1 is 0.960 bits per heavy atom. The zero-order chi connectivity index (χ0) is 17.2. The van der Waals surface area contributed by atoms with Crippen LogP contribution in [0.3, 0.4) is 0 Å². The van der Waals surface area contributed by atoms with E-state index in [4.69, 9.17) is 4.52 Å². The molecule has 0 bridgehead atoms. The molecule has 0 saturated carbocycles. The Morgan fingerprint density at radius 3 is 2.60 bits per heavy atom. The molecule has 4 aromatic rings. The van der Waals surface area contributed by atoms with Crippen LogP contribution < -0.4 is 0 Å². The predicted molar refractivity (Wildman–Crippen MR) is 101 cm³/mol. The van der Waals surface area contributed by atoms with Crippen LogP contribution in [0.4, 0.5) is 0 Å². The van der Waals surface area contributed by atoms with Crippen molar-refractivity contribution in [3.63, 3.8) is 0 Å². The number of rotatable bonds is 4. The maximum Gasteiger partial charge on any atom is 0.147 e. The van der Waals surface area contributed by atoms with Gasteiger partial charge in [0, 0.05) is 17.0 Å². The minimum atomic E-state index is 0.680. The van der Waals surface area contributed by atoms with Crippen LogP contribution in [0, 0.1) is 13.8 Å². The van der Waals surface area contributed by atoms with Gasteiger partial charge in [-0.15, -0.1) is 0 Å². The molecule has 0 aliphatic heterocycles. The zero-order valence-electron chi connectivity index (χ0n) is 14.1. The summed E-state index contributed by atoms with van der Waals surface area (Å²) in [4.78, 5) is 9.06. The van der Waals surface area contributed by atoms with E-state index in [9.17, 15) is 0 Å². The van der Waals surface area contributed by atoms with E-state index in [1.165, 1.54) is 5.56 Å². The standard InChI is InChI=1S/C20H17N3OS/c1-13-7-9-15(10-8-13)19-11-16(24-23-19)12-25-20-17-5-3-4-6-18(17)21-14(2)22-20/h3-11H,12H2,1-2H3. The highest BCUT2D eigenvalue weighted by Crippen LogP contribution is 2.29. The molecule has 4 nitrogen and oxygen atoms in total. The minimum absolute atomic E-state index is 0.680. The quantitative estimate of drug-likeness (QED) is 0.375. The van der Waals surface area contributed by atoms with Crippen molar-refractivity contribution in [2.24, 2.45) is 0 Å². The second kappa shape index (κ2) is 6.69. The number of aromatic nitrogens is 3. The van der Waals surface area contributed by atoms with Crippen LogP contribution >= 0.6 is 11.8 Å². The third kappa shape index (κ3) is 3.42. The summed E-state index contributed by atoms with van der Waals surface area (Å²) in [6.45, 7) is 3.99. The lowest BCUT2D eigenvalue weighted by atomic mass is 10.1. The van der Waals surface area contributed by atoms with Gasteiger partial charge >= 0.3 is 0 Å². The van der Waals surface area contributed by atoms with Crippen LogP contribution in [0.2, 0.25) is 0 Å². The third-order valence-corrected chi connectivity index (χ3v) is 4.95. The molecule has 0 aliphatic rings. The number of hydrogen-bond donors (Lipinski definition) is 0. The molecule has 2 aromatic carbocycles. The van der Waals surface area contributed by atoms with Crippen molar-refractivity contribution in [3.8, 4) is 11.3 Å². The Bertz CT molecular complexity index is 1020. The molecule has 124 valence electrons. The molecule has 0 saturated heterocycles. The lowest BCUT2D eigenvalue weighted by Gasteiger charge is -2.05. The van der Waals surface area contributed by atoms with Crippen LogP contribution in [0.5, 0.6) is 0 Å². The van der Waals surface area contributed by atoms with Gasteiger partial charge in [0.2, 0.25) is 0 Å². The van der Waals surface area contributed by atoms with Crippen molar-refractivity contribution in [1.29, 1.82) is 0 Å². The first-order valence-electron chi connectivity index (χ1n) is 8.08. The molecule has 4 rings (SSSR count). The molecule has 0 atom stereocenters. The van der Waals surface area contributed by atoms with E-state index in [1.807, 2.05) is 31.2 Å². The van der Waals surface area contributed by atoms with Crippen molar-refractivity contribution in [1.82, 2.24) is 15.1 Å². The molecule has 2 heterocycles. The average molecular weight is 347 g/mol. The van der Waals surface area contributed by atoms with Crippen LogP contribution in [0.15, 0.2) is 64.1 Å². The molecule has 0 fully saturated rings. The Balaban J connectivity index is 1.55. The number of fused-ring (bicyclic) bond motifs is 1.